The molecule has 1 heterocycles. The normalized spacial score (nSPS) is 18.8. The summed E-state index contributed by atoms with van der Waals surface area (Å²) < 4.78 is 0. The van der Waals surface area contributed by atoms with E-state index in [0.717, 1.165) is 29.5 Å². The van der Waals surface area contributed by atoms with Gasteiger partial charge in [-0.05, 0) is 31.4 Å². The summed E-state index contributed by atoms with van der Waals surface area (Å²) in [4.78, 5) is 45.8. The quantitative estimate of drug-likeness (QED) is 0.568. The first kappa shape index (κ1) is 23.5. The molecule has 2 atom stereocenters. The Morgan fingerprint density at radius 2 is 1.56 bits per heavy atom. The maximum atomic E-state index is 13.3. The van der Waals surface area contributed by atoms with Gasteiger partial charge in [0.25, 0.3) is 5.91 Å². The van der Waals surface area contributed by atoms with Crippen molar-refractivity contribution in [1.29, 1.82) is 0 Å². The Hall–Kier alpha value is -4.26. The van der Waals surface area contributed by atoms with Gasteiger partial charge in [-0.1, -0.05) is 78.9 Å². The Balaban J connectivity index is 1.38. The molecule has 2 aliphatic rings. The summed E-state index contributed by atoms with van der Waals surface area (Å²) in [5.41, 5.74) is 3.33. The number of aliphatic imine (C=N–C) groups is 1. The van der Waals surface area contributed by atoms with Crippen LogP contribution in [-0.4, -0.2) is 42.7 Å². The summed E-state index contributed by atoms with van der Waals surface area (Å²) in [6, 6.07) is 25.9. The molecule has 0 spiro atoms. The lowest BCUT2D eigenvalue weighted by Crippen LogP contribution is -2.53. The van der Waals surface area contributed by atoms with Crippen molar-refractivity contribution in [3.8, 4) is 0 Å². The summed E-state index contributed by atoms with van der Waals surface area (Å²) in [6.07, 6.45) is 0.353. The van der Waals surface area contributed by atoms with E-state index in [1.54, 1.807) is 14.0 Å². The fraction of sp³-hybridized carbons (Fsp3) is 0.241. The number of likely N-dealkylation sites (N-methyl/N-ethyl adjacent to an activating group) is 1. The highest BCUT2D eigenvalue weighted by molar-refractivity contribution is 6.20. The maximum absolute atomic E-state index is 13.3. The number of para-hydroxylation sites is 1. The average Bonchev–Trinajstić information content (AvgIpc) is 3.74. The summed E-state index contributed by atoms with van der Waals surface area (Å²) in [7, 11) is 1.67. The molecule has 3 amide bonds. The van der Waals surface area contributed by atoms with Crippen LogP contribution in [0.1, 0.15) is 36.5 Å². The lowest BCUT2D eigenvalue weighted by Gasteiger charge is -2.23. The minimum Gasteiger partial charge on any atom is -0.344 e. The van der Waals surface area contributed by atoms with Gasteiger partial charge < -0.3 is 15.5 Å². The Bertz CT molecular complexity index is 1330. The molecule has 7 heteroatoms. The van der Waals surface area contributed by atoms with Crippen molar-refractivity contribution in [2.45, 2.75) is 37.4 Å². The molecular formula is C29H28N4O3. The number of carbonyl (C=O) groups is 3. The van der Waals surface area contributed by atoms with Crippen LogP contribution in [0.5, 0.6) is 0 Å². The van der Waals surface area contributed by atoms with E-state index in [4.69, 9.17) is 4.99 Å². The van der Waals surface area contributed by atoms with E-state index in [9.17, 15) is 14.4 Å². The number of amides is 3. The fourth-order valence-electron chi connectivity index (χ4n) is 4.63. The van der Waals surface area contributed by atoms with Gasteiger partial charge in [-0.3, -0.25) is 14.4 Å². The number of benzene rings is 3. The first-order chi connectivity index (χ1) is 17.4. The summed E-state index contributed by atoms with van der Waals surface area (Å²) in [5, 5.41) is 5.61. The zero-order valence-corrected chi connectivity index (χ0v) is 20.3. The SMILES string of the molecule is C[C@H](NC(=O)C1(c2ccccc2)CC1)C(=O)N[C@H]1N=C(c2ccccc2)c2ccccc2N(C)C1=O. The average molecular weight is 481 g/mol. The molecule has 36 heavy (non-hydrogen) atoms. The number of hydrogen-bond acceptors (Lipinski definition) is 4. The van der Waals surface area contributed by atoms with Gasteiger partial charge in [0.05, 0.1) is 16.8 Å². The van der Waals surface area contributed by atoms with Gasteiger partial charge >= 0.3 is 0 Å². The Labute approximate surface area is 210 Å². The second-order valence-electron chi connectivity index (χ2n) is 9.31. The third-order valence-corrected chi connectivity index (χ3v) is 6.92. The van der Waals surface area contributed by atoms with Crippen molar-refractivity contribution in [3.63, 3.8) is 0 Å². The van der Waals surface area contributed by atoms with Crippen LogP contribution in [0.15, 0.2) is 89.9 Å². The molecule has 182 valence electrons. The number of benzodiazepines with no additional fused rings is 1. The van der Waals surface area contributed by atoms with Gasteiger partial charge in [-0.2, -0.15) is 0 Å². The number of rotatable bonds is 6. The van der Waals surface area contributed by atoms with E-state index in [-0.39, 0.29) is 11.8 Å². The molecule has 1 saturated carbocycles. The predicted molar refractivity (Wildman–Crippen MR) is 139 cm³/mol. The third-order valence-electron chi connectivity index (χ3n) is 6.92. The molecule has 0 unspecified atom stereocenters. The largest absolute Gasteiger partial charge is 0.344 e. The van der Waals surface area contributed by atoms with Crippen LogP contribution >= 0.6 is 0 Å². The number of carbonyl (C=O) groups excluding carboxylic acids is 3. The number of hydrogen-bond donors (Lipinski definition) is 2. The highest BCUT2D eigenvalue weighted by atomic mass is 16.2. The lowest BCUT2D eigenvalue weighted by atomic mass is 9.95. The Kier molecular flexibility index (Phi) is 6.14. The van der Waals surface area contributed by atoms with Crippen molar-refractivity contribution in [2.24, 2.45) is 4.99 Å². The molecule has 0 saturated heterocycles. The minimum absolute atomic E-state index is 0.179. The maximum Gasteiger partial charge on any atom is 0.272 e. The van der Waals surface area contributed by atoms with Crippen LogP contribution < -0.4 is 15.5 Å². The second kappa shape index (κ2) is 9.41. The van der Waals surface area contributed by atoms with Crippen LogP contribution in [0.25, 0.3) is 0 Å². The van der Waals surface area contributed by atoms with Crippen molar-refractivity contribution < 1.29 is 14.4 Å². The smallest absolute Gasteiger partial charge is 0.272 e. The molecular weight excluding hydrogens is 452 g/mol. The zero-order valence-electron chi connectivity index (χ0n) is 20.3. The molecule has 3 aromatic rings. The van der Waals surface area contributed by atoms with E-state index in [2.05, 4.69) is 10.6 Å². The second-order valence-corrected chi connectivity index (χ2v) is 9.31. The van der Waals surface area contributed by atoms with Crippen LogP contribution in [0.4, 0.5) is 5.69 Å². The van der Waals surface area contributed by atoms with E-state index in [1.807, 2.05) is 84.9 Å². The number of anilines is 1. The monoisotopic (exact) mass is 480 g/mol. The Morgan fingerprint density at radius 1 is 0.944 bits per heavy atom. The summed E-state index contributed by atoms with van der Waals surface area (Å²) >= 11 is 0. The first-order valence-electron chi connectivity index (χ1n) is 12.1. The van der Waals surface area contributed by atoms with Crippen LogP contribution in [-0.2, 0) is 19.8 Å². The number of nitrogens with zero attached hydrogens (tertiary/aromatic N) is 2. The van der Waals surface area contributed by atoms with Crippen LogP contribution in [0.3, 0.4) is 0 Å². The highest BCUT2D eigenvalue weighted by Crippen LogP contribution is 2.48. The third kappa shape index (κ3) is 4.28. The summed E-state index contributed by atoms with van der Waals surface area (Å²) in [6.45, 7) is 1.62. The van der Waals surface area contributed by atoms with Gasteiger partial charge in [-0.25, -0.2) is 4.99 Å². The molecule has 2 N–H and O–H groups in total. The summed E-state index contributed by atoms with van der Waals surface area (Å²) in [5.74, 6) is -1.01. The van der Waals surface area contributed by atoms with Gasteiger partial charge in [0.1, 0.15) is 6.04 Å². The van der Waals surface area contributed by atoms with Crippen LogP contribution in [0, 0.1) is 0 Å². The first-order valence-corrected chi connectivity index (χ1v) is 12.1. The molecule has 5 rings (SSSR count). The fourth-order valence-corrected chi connectivity index (χ4v) is 4.63. The van der Waals surface area contributed by atoms with Crippen molar-refractivity contribution in [3.05, 3.63) is 102 Å². The molecule has 1 fully saturated rings. The Morgan fingerprint density at radius 3 is 2.22 bits per heavy atom. The number of fused-ring (bicyclic) bond motifs is 1. The van der Waals surface area contributed by atoms with Gasteiger partial charge in [0.15, 0.2) is 0 Å². The highest BCUT2D eigenvalue weighted by Gasteiger charge is 2.51. The van der Waals surface area contributed by atoms with Gasteiger partial charge in [-0.15, -0.1) is 0 Å². The molecule has 1 aliphatic heterocycles. The standard InChI is InChI=1S/C29H28N4O3/c1-19(30-28(36)29(17-18-29)21-13-7-4-8-14-21)26(34)32-25-27(35)33(2)23-16-10-9-15-22(23)24(31-25)20-11-5-3-6-12-20/h3-16,19,25H,17-18H2,1-2H3,(H,30,36)(H,32,34)/t19-,25+/m0/s1. The zero-order chi connectivity index (χ0) is 25.3. The van der Waals surface area contributed by atoms with E-state index < -0.39 is 23.5 Å². The molecule has 1 aliphatic carbocycles. The molecule has 7 nitrogen and oxygen atoms in total. The van der Waals surface area contributed by atoms with Crippen molar-refractivity contribution >= 4 is 29.1 Å². The lowest BCUT2D eigenvalue weighted by molar-refractivity contribution is -0.131. The van der Waals surface area contributed by atoms with E-state index in [0.29, 0.717) is 11.4 Å². The van der Waals surface area contributed by atoms with E-state index in [1.165, 1.54) is 4.90 Å². The number of nitrogens with one attached hydrogen (secondary N) is 2. The molecule has 0 bridgehead atoms. The van der Waals surface area contributed by atoms with E-state index >= 15 is 0 Å². The van der Waals surface area contributed by atoms with Crippen LogP contribution in [0.2, 0.25) is 0 Å². The predicted octanol–water partition coefficient (Wildman–Crippen LogP) is 3.18. The topological polar surface area (TPSA) is 90.9 Å². The van der Waals surface area contributed by atoms with Crippen molar-refractivity contribution in [1.82, 2.24) is 10.6 Å². The van der Waals surface area contributed by atoms with Gasteiger partial charge in [0, 0.05) is 18.2 Å². The minimum atomic E-state index is -1.13. The van der Waals surface area contributed by atoms with Crippen molar-refractivity contribution in [2.75, 3.05) is 11.9 Å². The van der Waals surface area contributed by atoms with Gasteiger partial charge in [0.2, 0.25) is 18.0 Å². The molecule has 0 aromatic heterocycles. The molecule has 0 radical (unpaired) electrons. The molecule has 3 aromatic carbocycles.